The van der Waals surface area contributed by atoms with Crippen LogP contribution in [0.4, 0.5) is 0 Å². The average molecular weight is 266 g/mol. The molecule has 19 heavy (non-hydrogen) atoms. The molecule has 3 heterocycles. The van der Waals surface area contributed by atoms with Crippen molar-refractivity contribution in [1.29, 1.82) is 0 Å². The van der Waals surface area contributed by atoms with Crippen LogP contribution in [0, 0.1) is 0 Å². The van der Waals surface area contributed by atoms with Crippen LogP contribution in [0.2, 0.25) is 0 Å². The van der Waals surface area contributed by atoms with Crippen molar-refractivity contribution in [1.82, 2.24) is 19.9 Å². The molecule has 0 spiro atoms. The molecule has 0 amide bonds. The fourth-order valence-electron chi connectivity index (χ4n) is 2.19. The Kier molecular flexibility index (Phi) is 2.25. The van der Waals surface area contributed by atoms with E-state index in [-0.39, 0.29) is 0 Å². The molecule has 92 valence electrons. The van der Waals surface area contributed by atoms with Crippen molar-refractivity contribution in [2.24, 2.45) is 0 Å². The summed E-state index contributed by atoms with van der Waals surface area (Å²) in [6.45, 7) is 0. The summed E-state index contributed by atoms with van der Waals surface area (Å²) < 4.78 is 0. The van der Waals surface area contributed by atoms with E-state index in [0.29, 0.717) is 0 Å². The number of imidazole rings is 1. The third kappa shape index (κ3) is 1.67. The monoisotopic (exact) mass is 266 g/mol. The first kappa shape index (κ1) is 10.5. The van der Waals surface area contributed by atoms with Gasteiger partial charge in [0.05, 0.1) is 11.0 Å². The third-order valence-electron chi connectivity index (χ3n) is 3.04. The number of fused-ring (bicyclic) bond motifs is 1. The Labute approximate surface area is 113 Å². The maximum Gasteiger partial charge on any atom is 0.167 e. The summed E-state index contributed by atoms with van der Waals surface area (Å²) in [5.74, 6) is 0.823. The molecule has 0 aliphatic carbocycles. The van der Waals surface area contributed by atoms with E-state index >= 15 is 0 Å². The highest BCUT2D eigenvalue weighted by Crippen LogP contribution is 2.29. The van der Waals surface area contributed by atoms with E-state index in [1.165, 1.54) is 0 Å². The van der Waals surface area contributed by atoms with Gasteiger partial charge in [0.25, 0.3) is 0 Å². The molecule has 0 atom stereocenters. The largest absolute Gasteiger partial charge is 0.361 e. The smallest absolute Gasteiger partial charge is 0.167 e. The maximum absolute atomic E-state index is 4.68. The standard InChI is InChI=1S/C14H10N4S/c1-3-9(10-5-2-6-15-10)12-11(4-1)17-13(18-12)14-16-7-8-19-14/h1-8,15H,(H,17,18). The zero-order chi connectivity index (χ0) is 12.7. The van der Waals surface area contributed by atoms with Gasteiger partial charge in [-0.05, 0) is 18.2 Å². The Morgan fingerprint density at radius 3 is 2.89 bits per heavy atom. The van der Waals surface area contributed by atoms with Gasteiger partial charge in [-0.15, -0.1) is 11.3 Å². The molecule has 0 saturated heterocycles. The van der Waals surface area contributed by atoms with Crippen LogP contribution in [0.5, 0.6) is 0 Å². The third-order valence-corrected chi connectivity index (χ3v) is 3.82. The molecule has 4 nitrogen and oxygen atoms in total. The van der Waals surface area contributed by atoms with E-state index in [1.807, 2.05) is 35.8 Å². The van der Waals surface area contributed by atoms with Crippen LogP contribution in [0.25, 0.3) is 33.1 Å². The molecule has 0 aliphatic rings. The molecule has 0 bridgehead atoms. The molecular formula is C14H10N4S. The second kappa shape index (κ2) is 4.07. The number of H-pyrrole nitrogens is 2. The first-order valence-corrected chi connectivity index (χ1v) is 6.82. The van der Waals surface area contributed by atoms with Gasteiger partial charge in [-0.3, -0.25) is 0 Å². The minimum atomic E-state index is 0.823. The molecule has 4 rings (SSSR count). The molecule has 0 unspecified atom stereocenters. The Balaban J connectivity index is 1.97. The number of aromatic nitrogens is 4. The van der Waals surface area contributed by atoms with Crippen molar-refractivity contribution >= 4 is 22.4 Å². The molecule has 5 heteroatoms. The van der Waals surface area contributed by atoms with Crippen LogP contribution in [0.15, 0.2) is 48.1 Å². The van der Waals surface area contributed by atoms with E-state index < -0.39 is 0 Å². The molecule has 0 radical (unpaired) electrons. The van der Waals surface area contributed by atoms with E-state index in [0.717, 1.165) is 33.1 Å². The van der Waals surface area contributed by atoms with Gasteiger partial charge in [0.2, 0.25) is 0 Å². The zero-order valence-corrected chi connectivity index (χ0v) is 10.7. The Morgan fingerprint density at radius 2 is 2.11 bits per heavy atom. The van der Waals surface area contributed by atoms with Gasteiger partial charge < -0.3 is 9.97 Å². The molecular weight excluding hydrogens is 256 g/mol. The van der Waals surface area contributed by atoms with E-state index in [9.17, 15) is 0 Å². The Morgan fingerprint density at radius 1 is 1.11 bits per heavy atom. The quantitative estimate of drug-likeness (QED) is 0.581. The highest BCUT2D eigenvalue weighted by molar-refractivity contribution is 7.13. The number of hydrogen-bond acceptors (Lipinski definition) is 3. The molecule has 3 aromatic heterocycles. The highest BCUT2D eigenvalue weighted by atomic mass is 32.1. The molecule has 0 fully saturated rings. The summed E-state index contributed by atoms with van der Waals surface area (Å²) in [7, 11) is 0. The number of nitrogens with zero attached hydrogens (tertiary/aromatic N) is 2. The lowest BCUT2D eigenvalue weighted by Gasteiger charge is -1.98. The summed E-state index contributed by atoms with van der Waals surface area (Å²) in [4.78, 5) is 15.5. The lowest BCUT2D eigenvalue weighted by Crippen LogP contribution is -1.80. The summed E-state index contributed by atoms with van der Waals surface area (Å²) in [6.07, 6.45) is 3.71. The SMILES string of the molecule is c1c[nH]c(-c2cccc3[nH]c(-c4nccs4)nc23)c1. The number of para-hydroxylation sites is 1. The van der Waals surface area contributed by atoms with Crippen molar-refractivity contribution in [2.45, 2.75) is 0 Å². The topological polar surface area (TPSA) is 57.4 Å². The fourth-order valence-corrected chi connectivity index (χ4v) is 2.77. The summed E-state index contributed by atoms with van der Waals surface area (Å²) in [6, 6.07) is 10.2. The zero-order valence-electron chi connectivity index (χ0n) is 9.92. The highest BCUT2D eigenvalue weighted by Gasteiger charge is 2.11. The van der Waals surface area contributed by atoms with Crippen LogP contribution in [0.1, 0.15) is 0 Å². The second-order valence-electron chi connectivity index (χ2n) is 4.21. The van der Waals surface area contributed by atoms with Crippen LogP contribution in [-0.4, -0.2) is 19.9 Å². The number of hydrogen-bond donors (Lipinski definition) is 2. The normalized spacial score (nSPS) is 11.2. The first-order chi connectivity index (χ1) is 9.42. The van der Waals surface area contributed by atoms with Gasteiger partial charge >= 0.3 is 0 Å². The van der Waals surface area contributed by atoms with Crippen LogP contribution in [0.3, 0.4) is 0 Å². The van der Waals surface area contributed by atoms with Crippen molar-refractivity contribution in [3.05, 3.63) is 48.1 Å². The summed E-state index contributed by atoms with van der Waals surface area (Å²) in [5, 5.41) is 2.86. The number of aromatic amines is 2. The van der Waals surface area contributed by atoms with Gasteiger partial charge in [0.15, 0.2) is 10.8 Å². The Hall–Kier alpha value is -2.40. The predicted octanol–water partition coefficient (Wildman–Crippen LogP) is 3.68. The first-order valence-electron chi connectivity index (χ1n) is 5.94. The van der Waals surface area contributed by atoms with E-state index in [2.05, 4.69) is 26.0 Å². The van der Waals surface area contributed by atoms with Crippen molar-refractivity contribution in [3.63, 3.8) is 0 Å². The van der Waals surface area contributed by atoms with Crippen molar-refractivity contribution in [2.75, 3.05) is 0 Å². The molecule has 0 saturated carbocycles. The molecule has 1 aromatic carbocycles. The number of benzene rings is 1. The van der Waals surface area contributed by atoms with Crippen molar-refractivity contribution < 1.29 is 0 Å². The molecule has 0 aliphatic heterocycles. The number of thiazole rings is 1. The summed E-state index contributed by atoms with van der Waals surface area (Å²) >= 11 is 1.58. The van der Waals surface area contributed by atoms with E-state index in [1.54, 1.807) is 17.5 Å². The number of rotatable bonds is 2. The van der Waals surface area contributed by atoms with Crippen LogP contribution < -0.4 is 0 Å². The number of nitrogens with one attached hydrogen (secondary N) is 2. The van der Waals surface area contributed by atoms with Gasteiger partial charge in [-0.2, -0.15) is 0 Å². The maximum atomic E-state index is 4.68. The average Bonchev–Trinajstić information content (AvgIpc) is 3.18. The van der Waals surface area contributed by atoms with Crippen LogP contribution in [-0.2, 0) is 0 Å². The molecule has 2 N–H and O–H groups in total. The minimum Gasteiger partial charge on any atom is -0.361 e. The second-order valence-corrected chi connectivity index (χ2v) is 5.10. The minimum absolute atomic E-state index is 0.823. The van der Waals surface area contributed by atoms with Gasteiger partial charge in [-0.1, -0.05) is 12.1 Å². The molecule has 4 aromatic rings. The predicted molar refractivity (Wildman–Crippen MR) is 77.0 cm³/mol. The Bertz CT molecular complexity index is 813. The lowest BCUT2D eigenvalue weighted by molar-refractivity contribution is 1.29. The van der Waals surface area contributed by atoms with E-state index in [4.69, 9.17) is 0 Å². The van der Waals surface area contributed by atoms with Gasteiger partial charge in [0.1, 0.15) is 0 Å². The van der Waals surface area contributed by atoms with Gasteiger partial charge in [-0.25, -0.2) is 9.97 Å². The lowest BCUT2D eigenvalue weighted by atomic mass is 10.1. The van der Waals surface area contributed by atoms with Gasteiger partial charge in [0, 0.05) is 29.0 Å². The van der Waals surface area contributed by atoms with Crippen LogP contribution >= 0.6 is 11.3 Å². The fraction of sp³-hybridized carbons (Fsp3) is 0. The summed E-state index contributed by atoms with van der Waals surface area (Å²) in [5.41, 5.74) is 4.16. The van der Waals surface area contributed by atoms with Crippen molar-refractivity contribution in [3.8, 4) is 22.1 Å².